The van der Waals surface area contributed by atoms with Crippen molar-refractivity contribution in [2.75, 3.05) is 0 Å². The summed E-state index contributed by atoms with van der Waals surface area (Å²) in [6, 6.07) is 21.1. The highest BCUT2D eigenvalue weighted by atomic mass is 14.1. The maximum Gasteiger partial charge on any atom is 0.106 e. The minimum Gasteiger partial charge on any atom is -0.202 e. The maximum absolute atomic E-state index is 4.50. The Morgan fingerprint density at radius 2 is 1.00 bits per heavy atom. The average Bonchev–Trinajstić information content (AvgIpc) is 2.71. The van der Waals surface area contributed by atoms with Crippen LogP contribution in [0.2, 0.25) is 0 Å². The topological polar surface area (TPSA) is 0 Å². The van der Waals surface area contributed by atoms with Gasteiger partial charge in [0.05, 0.1) is 0 Å². The zero-order valence-corrected chi connectivity index (χ0v) is 16.4. The number of benzene rings is 2. The zero-order chi connectivity index (χ0) is 19.5. The molecule has 0 aliphatic rings. The highest BCUT2D eigenvalue weighted by Gasteiger charge is 2.31. The molecule has 0 atom stereocenters. The van der Waals surface area contributed by atoms with Crippen molar-refractivity contribution in [3.05, 3.63) is 133 Å². The minimum atomic E-state index is -1.41. The van der Waals surface area contributed by atoms with Crippen molar-refractivity contribution < 1.29 is 0 Å². The van der Waals surface area contributed by atoms with Gasteiger partial charge in [0.15, 0.2) is 0 Å². The first-order chi connectivity index (χ1) is 13.2. The molecule has 0 aliphatic heterocycles. The molecule has 2 aromatic rings. The first kappa shape index (κ1) is 20.3. The van der Waals surface area contributed by atoms with Crippen LogP contribution in [0.25, 0.3) is 0 Å². The molecular weight excluding hydrogens is 323 g/mol. The van der Waals surface area contributed by atoms with Gasteiger partial charge in [0, 0.05) is 0 Å². The molecule has 0 aromatic heterocycles. The molecule has 0 bridgehead atoms. The van der Waals surface area contributed by atoms with E-state index in [9.17, 15) is 0 Å². The van der Waals surface area contributed by atoms with Crippen molar-refractivity contribution in [1.82, 2.24) is 0 Å². The second-order valence-electron chi connectivity index (χ2n) is 6.61. The Morgan fingerprint density at radius 3 is 1.33 bits per heavy atom. The number of hydrogen-bond acceptors (Lipinski definition) is 0. The third-order valence-electron chi connectivity index (χ3n) is 4.94. The van der Waals surface area contributed by atoms with Crippen molar-refractivity contribution in [3.63, 3.8) is 0 Å². The van der Waals surface area contributed by atoms with E-state index in [0.29, 0.717) is 0 Å². The van der Waals surface area contributed by atoms with Gasteiger partial charge in [0.2, 0.25) is 0 Å². The Morgan fingerprint density at radius 1 is 0.630 bits per heavy atom. The predicted molar refractivity (Wildman–Crippen MR) is 124 cm³/mol. The minimum absolute atomic E-state index is 1.04. The van der Waals surface area contributed by atoms with Crippen molar-refractivity contribution in [2.45, 2.75) is 13.8 Å². The van der Waals surface area contributed by atoms with Gasteiger partial charge >= 0.3 is 0 Å². The molecular formula is C26H28B-. The second kappa shape index (κ2) is 10.2. The lowest BCUT2D eigenvalue weighted by molar-refractivity contribution is 1.64. The normalized spacial score (nSPS) is 12.5. The first-order valence-corrected chi connectivity index (χ1v) is 9.42. The number of allylic oxidation sites excluding steroid dienone is 10. The summed E-state index contributed by atoms with van der Waals surface area (Å²) in [5, 5.41) is 0. The van der Waals surface area contributed by atoms with Crippen LogP contribution in [0, 0.1) is 0 Å². The Labute approximate surface area is 164 Å². The van der Waals surface area contributed by atoms with Gasteiger partial charge in [-0.2, -0.15) is 10.9 Å². The quantitative estimate of drug-likeness (QED) is 0.422. The second-order valence-corrected chi connectivity index (χ2v) is 6.61. The molecule has 0 nitrogen and oxygen atoms in total. The molecule has 2 rings (SSSR count). The lowest BCUT2D eigenvalue weighted by Crippen LogP contribution is -2.61. The molecule has 0 amide bonds. The largest absolute Gasteiger partial charge is 0.202 e. The molecule has 0 fully saturated rings. The smallest absolute Gasteiger partial charge is 0.106 e. The van der Waals surface area contributed by atoms with Crippen LogP contribution in [-0.2, 0) is 0 Å². The van der Waals surface area contributed by atoms with Gasteiger partial charge in [0.25, 0.3) is 0 Å². The van der Waals surface area contributed by atoms with Gasteiger partial charge in [-0.25, -0.2) is 10.9 Å². The fourth-order valence-corrected chi connectivity index (χ4v) is 3.64. The average molecular weight is 351 g/mol. The molecule has 0 N–H and O–H groups in total. The Bertz CT molecular complexity index is 789. The van der Waals surface area contributed by atoms with Crippen LogP contribution in [0.1, 0.15) is 13.8 Å². The van der Waals surface area contributed by atoms with Crippen molar-refractivity contribution in [2.24, 2.45) is 0 Å². The lowest BCUT2D eigenvalue weighted by Gasteiger charge is -2.45. The van der Waals surface area contributed by atoms with E-state index in [2.05, 4.69) is 73.8 Å². The maximum atomic E-state index is 4.50. The number of hydrogen-bond donors (Lipinski definition) is 0. The Balaban J connectivity index is 2.76. The third-order valence-corrected chi connectivity index (χ3v) is 4.94. The summed E-state index contributed by atoms with van der Waals surface area (Å²) in [6.45, 7) is 13.0. The van der Waals surface area contributed by atoms with Crippen LogP contribution >= 0.6 is 0 Å². The van der Waals surface area contributed by atoms with Crippen molar-refractivity contribution in [3.8, 4) is 0 Å². The van der Waals surface area contributed by atoms with Crippen LogP contribution < -0.4 is 10.9 Å². The van der Waals surface area contributed by atoms with E-state index in [1.165, 1.54) is 10.9 Å². The van der Waals surface area contributed by atoms with Gasteiger partial charge in [0.1, 0.15) is 6.15 Å². The SMILES string of the molecule is C=C(/C=C\C=C/C)[B-](C(=C)/C=C\C=C/C)(c1ccccc1)c1ccccc1. The van der Waals surface area contributed by atoms with Crippen LogP contribution in [0.15, 0.2) is 133 Å². The van der Waals surface area contributed by atoms with Crippen LogP contribution in [0.4, 0.5) is 0 Å². The van der Waals surface area contributed by atoms with E-state index in [1.807, 2.05) is 62.4 Å². The summed E-state index contributed by atoms with van der Waals surface area (Å²) in [5.74, 6) is 0. The summed E-state index contributed by atoms with van der Waals surface area (Å²) in [6.07, 6.45) is 15.0. The summed E-state index contributed by atoms with van der Waals surface area (Å²) in [4.78, 5) is 0. The van der Waals surface area contributed by atoms with Crippen molar-refractivity contribution in [1.29, 1.82) is 0 Å². The summed E-state index contributed by atoms with van der Waals surface area (Å²) in [7, 11) is 0. The lowest BCUT2D eigenvalue weighted by atomic mass is 9.12. The zero-order valence-electron chi connectivity index (χ0n) is 16.4. The summed E-state index contributed by atoms with van der Waals surface area (Å²) in [5.41, 5.74) is 4.52. The van der Waals surface area contributed by atoms with Gasteiger partial charge in [-0.05, 0) is 13.8 Å². The van der Waals surface area contributed by atoms with E-state index in [1.54, 1.807) is 0 Å². The fourth-order valence-electron chi connectivity index (χ4n) is 3.64. The van der Waals surface area contributed by atoms with E-state index < -0.39 is 6.15 Å². The Kier molecular flexibility index (Phi) is 7.64. The monoisotopic (exact) mass is 351 g/mol. The van der Waals surface area contributed by atoms with Crippen LogP contribution in [-0.4, -0.2) is 6.15 Å². The number of rotatable bonds is 8. The van der Waals surface area contributed by atoms with E-state index in [4.69, 9.17) is 0 Å². The molecule has 0 radical (unpaired) electrons. The molecule has 0 unspecified atom stereocenters. The summed E-state index contributed by atoms with van der Waals surface area (Å²) < 4.78 is 0. The van der Waals surface area contributed by atoms with E-state index >= 15 is 0 Å². The summed E-state index contributed by atoms with van der Waals surface area (Å²) >= 11 is 0. The van der Waals surface area contributed by atoms with Crippen LogP contribution in [0.3, 0.4) is 0 Å². The van der Waals surface area contributed by atoms with Crippen molar-refractivity contribution >= 4 is 17.1 Å². The molecule has 0 spiro atoms. The molecule has 136 valence electrons. The fraction of sp³-hybridized carbons (Fsp3) is 0.0769. The van der Waals surface area contributed by atoms with Gasteiger partial charge in [-0.15, -0.1) is 13.2 Å². The molecule has 27 heavy (non-hydrogen) atoms. The molecule has 0 saturated heterocycles. The predicted octanol–water partition coefficient (Wildman–Crippen LogP) is 5.71. The molecule has 0 heterocycles. The standard InChI is InChI=1S/C26H28B/c1-5-7-11-17-23(3)27(24(4)18-12-8-6-2,25-19-13-9-14-20-25)26-21-15-10-16-22-26/h5-22H,3-4H2,1-2H3/q-1/b7-5-,8-6-,17-11-,18-12-. The first-order valence-electron chi connectivity index (χ1n) is 9.42. The van der Waals surface area contributed by atoms with Crippen LogP contribution in [0.5, 0.6) is 0 Å². The Hall–Kier alpha value is -3.06. The molecule has 0 aliphatic carbocycles. The van der Waals surface area contributed by atoms with Gasteiger partial charge in [-0.3, -0.25) is 0 Å². The third kappa shape index (κ3) is 4.57. The van der Waals surface area contributed by atoms with E-state index in [-0.39, 0.29) is 0 Å². The molecule has 1 heteroatoms. The van der Waals surface area contributed by atoms with Gasteiger partial charge in [-0.1, -0.05) is 109 Å². The van der Waals surface area contributed by atoms with Gasteiger partial charge < -0.3 is 0 Å². The molecule has 2 aromatic carbocycles. The highest BCUT2D eigenvalue weighted by Crippen LogP contribution is 2.24. The van der Waals surface area contributed by atoms with E-state index in [0.717, 1.165) is 10.9 Å². The highest BCUT2D eigenvalue weighted by molar-refractivity contribution is 7.12. The molecule has 0 saturated carbocycles.